The molecule has 4 rings (SSSR count). The molecule has 2 aromatic carbocycles. The van der Waals surface area contributed by atoms with E-state index in [1.807, 2.05) is 30.4 Å². The van der Waals surface area contributed by atoms with Crippen molar-refractivity contribution < 1.29 is 19.4 Å². The number of carboxylic acids is 1. The van der Waals surface area contributed by atoms with Crippen LogP contribution in [0.2, 0.25) is 10.0 Å². The molecule has 7 heteroatoms. The normalized spacial score (nSPS) is 17.6. The number of hydrogen-bond donors (Lipinski definition) is 1. The lowest BCUT2D eigenvalue weighted by atomic mass is 9.74. The fourth-order valence-corrected chi connectivity index (χ4v) is 4.82. The van der Waals surface area contributed by atoms with E-state index in [1.54, 1.807) is 12.1 Å². The van der Waals surface area contributed by atoms with Gasteiger partial charge in [0.2, 0.25) is 0 Å². The zero-order valence-electron chi connectivity index (χ0n) is 17.2. The smallest absolute Gasteiger partial charge is 0.304 e. The van der Waals surface area contributed by atoms with Gasteiger partial charge in [0.15, 0.2) is 0 Å². The Kier molecular flexibility index (Phi) is 6.75. The molecule has 164 valence electrons. The average Bonchev–Trinajstić information content (AvgIpc) is 3.10. The van der Waals surface area contributed by atoms with Gasteiger partial charge in [-0.05, 0) is 50.2 Å². The van der Waals surface area contributed by atoms with Crippen molar-refractivity contribution in [1.82, 2.24) is 4.90 Å². The number of likely N-dealkylation sites (tertiary alicyclic amines) is 1. The zero-order valence-corrected chi connectivity index (χ0v) is 18.7. The van der Waals surface area contributed by atoms with Crippen LogP contribution in [0.5, 0.6) is 11.5 Å². The second-order valence-electron chi connectivity index (χ2n) is 8.06. The van der Waals surface area contributed by atoms with Gasteiger partial charge in [-0.25, -0.2) is 0 Å². The van der Waals surface area contributed by atoms with Crippen molar-refractivity contribution in [1.29, 1.82) is 0 Å². The van der Waals surface area contributed by atoms with E-state index >= 15 is 0 Å². The van der Waals surface area contributed by atoms with Gasteiger partial charge < -0.3 is 19.5 Å². The highest BCUT2D eigenvalue weighted by atomic mass is 35.5. The summed E-state index contributed by atoms with van der Waals surface area (Å²) in [6, 6.07) is 11.5. The van der Waals surface area contributed by atoms with E-state index < -0.39 is 5.97 Å². The number of carbonyl (C=O) groups is 1. The van der Waals surface area contributed by atoms with Gasteiger partial charge in [0.05, 0.1) is 13.0 Å². The molecule has 1 saturated heterocycles. The summed E-state index contributed by atoms with van der Waals surface area (Å²) in [6.45, 7) is 3.46. The van der Waals surface area contributed by atoms with Gasteiger partial charge in [0.1, 0.15) is 18.1 Å². The standard InChI is InChI=1S/C24H25Cl2NO4/c25-20-4-1-5-21(26)18(20)3-2-14-30-17-6-7-19-22(15-17)31-16-24(19)9-12-27(13-10-24)11-8-23(28)29/h1-7,15H,8-14,16H2,(H,28,29). The van der Waals surface area contributed by atoms with E-state index in [0.29, 0.717) is 29.8 Å². The SMILES string of the molecule is O=C(O)CCN1CCC2(CC1)COc1cc(OCC=Cc3c(Cl)cccc3Cl)ccc12. The molecule has 2 aliphatic heterocycles. The Morgan fingerprint density at radius 1 is 1.19 bits per heavy atom. The van der Waals surface area contributed by atoms with Gasteiger partial charge in [-0.15, -0.1) is 0 Å². The third kappa shape index (κ3) is 5.00. The van der Waals surface area contributed by atoms with Crippen LogP contribution in [0.25, 0.3) is 6.08 Å². The van der Waals surface area contributed by atoms with Crippen LogP contribution in [0.4, 0.5) is 0 Å². The van der Waals surface area contributed by atoms with Gasteiger partial charge in [-0.1, -0.05) is 41.4 Å². The highest BCUT2D eigenvalue weighted by Gasteiger charge is 2.43. The molecule has 0 atom stereocenters. The first-order valence-corrected chi connectivity index (χ1v) is 11.2. The summed E-state index contributed by atoms with van der Waals surface area (Å²) in [5, 5.41) is 10.1. The maximum Gasteiger partial charge on any atom is 0.304 e. The molecule has 1 fully saturated rings. The number of fused-ring (bicyclic) bond motifs is 2. The molecule has 0 aliphatic carbocycles. The molecule has 2 aliphatic rings. The summed E-state index contributed by atoms with van der Waals surface area (Å²) in [4.78, 5) is 13.0. The fraction of sp³-hybridized carbons (Fsp3) is 0.375. The lowest BCUT2D eigenvalue weighted by molar-refractivity contribution is -0.137. The summed E-state index contributed by atoms with van der Waals surface area (Å²) in [5.74, 6) is 0.895. The van der Waals surface area contributed by atoms with Crippen LogP contribution in [-0.2, 0) is 10.2 Å². The van der Waals surface area contributed by atoms with E-state index in [4.69, 9.17) is 37.8 Å². The van der Waals surface area contributed by atoms with Crippen LogP contribution in [0, 0.1) is 0 Å². The summed E-state index contributed by atoms with van der Waals surface area (Å²) in [7, 11) is 0. The number of aliphatic carboxylic acids is 1. The molecular weight excluding hydrogens is 437 g/mol. The molecule has 5 nitrogen and oxygen atoms in total. The Balaban J connectivity index is 1.35. The molecule has 1 N–H and O–H groups in total. The monoisotopic (exact) mass is 461 g/mol. The van der Waals surface area contributed by atoms with Gasteiger partial charge >= 0.3 is 5.97 Å². The molecular formula is C24H25Cl2NO4. The third-order valence-electron chi connectivity index (χ3n) is 6.11. The molecule has 0 radical (unpaired) electrons. The van der Waals surface area contributed by atoms with E-state index in [1.165, 1.54) is 5.56 Å². The Morgan fingerprint density at radius 3 is 2.65 bits per heavy atom. The molecule has 0 amide bonds. The van der Waals surface area contributed by atoms with Gasteiger partial charge in [0, 0.05) is 39.2 Å². The summed E-state index contributed by atoms with van der Waals surface area (Å²) >= 11 is 12.4. The zero-order chi connectivity index (χ0) is 21.8. The maximum atomic E-state index is 10.8. The Morgan fingerprint density at radius 2 is 1.94 bits per heavy atom. The highest BCUT2D eigenvalue weighted by molar-refractivity contribution is 6.37. The van der Waals surface area contributed by atoms with Crippen LogP contribution in [0.15, 0.2) is 42.5 Å². The largest absolute Gasteiger partial charge is 0.492 e. The van der Waals surface area contributed by atoms with Crippen LogP contribution in [-0.4, -0.2) is 48.8 Å². The number of ether oxygens (including phenoxy) is 2. The number of carboxylic acid groups (broad SMARTS) is 1. The minimum atomic E-state index is -0.743. The molecule has 0 bridgehead atoms. The number of nitrogens with zero attached hydrogens (tertiary/aromatic N) is 1. The van der Waals surface area contributed by atoms with Crippen molar-refractivity contribution >= 4 is 35.2 Å². The quantitative estimate of drug-likeness (QED) is 0.606. The topological polar surface area (TPSA) is 59.0 Å². The number of hydrogen-bond acceptors (Lipinski definition) is 4. The molecule has 0 unspecified atom stereocenters. The predicted octanol–water partition coefficient (Wildman–Crippen LogP) is 5.29. The number of benzene rings is 2. The highest BCUT2D eigenvalue weighted by Crippen LogP contribution is 2.46. The van der Waals surface area contributed by atoms with Crippen LogP contribution in [0.1, 0.15) is 30.4 Å². The predicted molar refractivity (Wildman–Crippen MR) is 123 cm³/mol. The van der Waals surface area contributed by atoms with Crippen LogP contribution < -0.4 is 9.47 Å². The van der Waals surface area contributed by atoms with E-state index in [2.05, 4.69) is 11.0 Å². The first-order valence-electron chi connectivity index (χ1n) is 10.4. The minimum absolute atomic E-state index is 0.0221. The summed E-state index contributed by atoms with van der Waals surface area (Å²) < 4.78 is 11.9. The Labute approximate surface area is 192 Å². The van der Waals surface area contributed by atoms with Gasteiger partial charge in [-0.3, -0.25) is 4.79 Å². The molecule has 0 aromatic heterocycles. The Bertz CT molecular complexity index is 963. The third-order valence-corrected chi connectivity index (χ3v) is 6.77. The van der Waals surface area contributed by atoms with Crippen molar-refractivity contribution in [2.45, 2.75) is 24.7 Å². The molecule has 0 saturated carbocycles. The number of rotatable bonds is 7. The van der Waals surface area contributed by atoms with Crippen molar-refractivity contribution in [2.75, 3.05) is 32.8 Å². The van der Waals surface area contributed by atoms with Gasteiger partial charge in [0.25, 0.3) is 0 Å². The number of halogens is 2. The first kappa shape index (κ1) is 22.0. The molecule has 2 heterocycles. The van der Waals surface area contributed by atoms with E-state index in [9.17, 15) is 4.79 Å². The second kappa shape index (κ2) is 9.51. The number of piperidine rings is 1. The van der Waals surface area contributed by atoms with Crippen molar-refractivity contribution in [3.8, 4) is 11.5 Å². The lowest BCUT2D eigenvalue weighted by Gasteiger charge is -2.38. The maximum absolute atomic E-state index is 10.8. The summed E-state index contributed by atoms with van der Waals surface area (Å²) in [6.07, 6.45) is 5.89. The van der Waals surface area contributed by atoms with Crippen LogP contribution in [0.3, 0.4) is 0 Å². The first-order chi connectivity index (χ1) is 15.0. The lowest BCUT2D eigenvalue weighted by Crippen LogP contribution is -2.44. The van der Waals surface area contributed by atoms with Crippen molar-refractivity contribution in [2.24, 2.45) is 0 Å². The van der Waals surface area contributed by atoms with Gasteiger partial charge in [-0.2, -0.15) is 0 Å². The van der Waals surface area contributed by atoms with Crippen molar-refractivity contribution in [3.05, 3.63) is 63.6 Å². The molecule has 2 aromatic rings. The summed E-state index contributed by atoms with van der Waals surface area (Å²) in [5.41, 5.74) is 2.04. The fourth-order valence-electron chi connectivity index (χ4n) is 4.30. The van der Waals surface area contributed by atoms with E-state index in [-0.39, 0.29) is 11.8 Å². The minimum Gasteiger partial charge on any atom is -0.492 e. The average molecular weight is 462 g/mol. The second-order valence-corrected chi connectivity index (χ2v) is 8.88. The molecule has 31 heavy (non-hydrogen) atoms. The van der Waals surface area contributed by atoms with Crippen LogP contribution >= 0.6 is 23.2 Å². The molecule has 1 spiro atoms. The Hall–Kier alpha value is -2.21. The van der Waals surface area contributed by atoms with E-state index in [0.717, 1.165) is 43.0 Å². The van der Waals surface area contributed by atoms with Crippen molar-refractivity contribution in [3.63, 3.8) is 0 Å².